The van der Waals surface area contributed by atoms with Crippen molar-refractivity contribution in [2.75, 3.05) is 26.9 Å². The minimum atomic E-state index is -0.455. The molecule has 0 saturated carbocycles. The maximum atomic E-state index is 11.6. The Balaban J connectivity index is 2.21. The van der Waals surface area contributed by atoms with Gasteiger partial charge in [-0.05, 0) is 19.3 Å². The molecule has 14 heavy (non-hydrogen) atoms. The standard InChI is InChI=1S/C9H18N2O3/c1-13-6-2-4-8(10)9(12)11-5-3-7-14-11/h8H,2-7,10H2,1H3. The Morgan fingerprint density at radius 2 is 2.50 bits per heavy atom. The Morgan fingerprint density at radius 3 is 3.07 bits per heavy atom. The fraction of sp³-hybridized carbons (Fsp3) is 0.889. The van der Waals surface area contributed by atoms with E-state index in [0.717, 1.165) is 12.8 Å². The number of amides is 1. The third-order valence-corrected chi connectivity index (χ3v) is 2.18. The van der Waals surface area contributed by atoms with E-state index in [2.05, 4.69) is 0 Å². The van der Waals surface area contributed by atoms with E-state index < -0.39 is 6.04 Å². The van der Waals surface area contributed by atoms with E-state index in [1.165, 1.54) is 5.06 Å². The SMILES string of the molecule is COCCCC(N)C(=O)N1CCCO1. The molecule has 5 nitrogen and oxygen atoms in total. The van der Waals surface area contributed by atoms with Gasteiger partial charge in [-0.15, -0.1) is 0 Å². The number of hydrogen-bond acceptors (Lipinski definition) is 4. The smallest absolute Gasteiger partial charge is 0.263 e. The molecule has 1 aliphatic heterocycles. The average Bonchev–Trinajstić information content (AvgIpc) is 2.69. The van der Waals surface area contributed by atoms with Crippen LogP contribution in [-0.4, -0.2) is 43.9 Å². The molecule has 0 bridgehead atoms. The molecule has 0 aromatic rings. The van der Waals surface area contributed by atoms with E-state index in [9.17, 15) is 4.79 Å². The molecule has 0 radical (unpaired) electrons. The van der Waals surface area contributed by atoms with Gasteiger partial charge in [-0.3, -0.25) is 9.63 Å². The van der Waals surface area contributed by atoms with Crippen LogP contribution in [0, 0.1) is 0 Å². The lowest BCUT2D eigenvalue weighted by molar-refractivity contribution is -0.170. The van der Waals surface area contributed by atoms with E-state index in [0.29, 0.717) is 26.2 Å². The molecule has 1 aliphatic rings. The molecule has 0 aromatic carbocycles. The van der Waals surface area contributed by atoms with Crippen LogP contribution in [0.5, 0.6) is 0 Å². The number of methoxy groups -OCH3 is 1. The minimum Gasteiger partial charge on any atom is -0.385 e. The van der Waals surface area contributed by atoms with Crippen molar-refractivity contribution < 1.29 is 14.4 Å². The molecule has 0 aromatic heterocycles. The van der Waals surface area contributed by atoms with Crippen LogP contribution in [0.2, 0.25) is 0 Å². The summed E-state index contributed by atoms with van der Waals surface area (Å²) in [7, 11) is 1.64. The Morgan fingerprint density at radius 1 is 1.71 bits per heavy atom. The molecule has 82 valence electrons. The first-order valence-electron chi connectivity index (χ1n) is 4.94. The van der Waals surface area contributed by atoms with Crippen molar-refractivity contribution in [3.8, 4) is 0 Å². The highest BCUT2D eigenvalue weighted by Gasteiger charge is 2.24. The van der Waals surface area contributed by atoms with Crippen LogP contribution < -0.4 is 5.73 Å². The molecule has 0 aliphatic carbocycles. The summed E-state index contributed by atoms with van der Waals surface area (Å²) in [5, 5.41) is 1.37. The first kappa shape index (κ1) is 11.4. The summed E-state index contributed by atoms with van der Waals surface area (Å²) in [6, 6.07) is -0.455. The van der Waals surface area contributed by atoms with E-state index in [4.69, 9.17) is 15.3 Å². The normalized spacial score (nSPS) is 18.6. The van der Waals surface area contributed by atoms with Gasteiger partial charge in [0.2, 0.25) is 0 Å². The molecule has 1 fully saturated rings. The third kappa shape index (κ3) is 3.25. The van der Waals surface area contributed by atoms with Gasteiger partial charge < -0.3 is 10.5 Å². The summed E-state index contributed by atoms with van der Waals surface area (Å²) in [6.45, 7) is 1.93. The second kappa shape index (κ2) is 5.95. The fourth-order valence-electron chi connectivity index (χ4n) is 1.38. The molecule has 1 unspecified atom stereocenters. The maximum absolute atomic E-state index is 11.6. The van der Waals surface area contributed by atoms with Gasteiger partial charge in [-0.2, -0.15) is 0 Å². The van der Waals surface area contributed by atoms with Gasteiger partial charge in [0.1, 0.15) is 0 Å². The van der Waals surface area contributed by atoms with Gasteiger partial charge in [0.25, 0.3) is 5.91 Å². The highest BCUT2D eigenvalue weighted by Crippen LogP contribution is 2.08. The Bertz CT molecular complexity index is 181. The predicted molar refractivity (Wildman–Crippen MR) is 51.4 cm³/mol. The van der Waals surface area contributed by atoms with Crippen LogP contribution in [0.15, 0.2) is 0 Å². The van der Waals surface area contributed by atoms with Gasteiger partial charge >= 0.3 is 0 Å². The van der Waals surface area contributed by atoms with Crippen molar-refractivity contribution in [2.24, 2.45) is 5.73 Å². The Hall–Kier alpha value is -0.650. The van der Waals surface area contributed by atoms with E-state index in [-0.39, 0.29) is 5.91 Å². The van der Waals surface area contributed by atoms with Crippen LogP contribution in [0.3, 0.4) is 0 Å². The second-order valence-corrected chi connectivity index (χ2v) is 3.37. The first-order chi connectivity index (χ1) is 6.75. The number of nitrogens with two attached hydrogens (primary N) is 1. The topological polar surface area (TPSA) is 64.8 Å². The van der Waals surface area contributed by atoms with Crippen molar-refractivity contribution in [1.29, 1.82) is 0 Å². The zero-order valence-corrected chi connectivity index (χ0v) is 8.57. The Labute approximate surface area is 84.1 Å². The molecule has 5 heteroatoms. The number of carbonyl (C=O) groups is 1. The molecule has 1 amide bonds. The number of nitrogens with zero attached hydrogens (tertiary/aromatic N) is 1. The summed E-state index contributed by atoms with van der Waals surface area (Å²) < 4.78 is 4.89. The zero-order chi connectivity index (χ0) is 10.4. The summed E-state index contributed by atoms with van der Waals surface area (Å²) in [6.07, 6.45) is 2.35. The third-order valence-electron chi connectivity index (χ3n) is 2.18. The van der Waals surface area contributed by atoms with E-state index in [1.54, 1.807) is 7.11 Å². The average molecular weight is 202 g/mol. The predicted octanol–water partition coefficient (Wildman–Crippen LogP) is -0.0958. The van der Waals surface area contributed by atoms with Crippen LogP contribution >= 0.6 is 0 Å². The molecule has 1 rings (SSSR count). The lowest BCUT2D eigenvalue weighted by atomic mass is 10.1. The molecular formula is C9H18N2O3. The number of hydrogen-bond donors (Lipinski definition) is 1. The summed E-state index contributed by atoms with van der Waals surface area (Å²) in [4.78, 5) is 16.7. The van der Waals surface area contributed by atoms with Gasteiger partial charge in [0, 0.05) is 13.7 Å². The van der Waals surface area contributed by atoms with Gasteiger partial charge in [-0.25, -0.2) is 5.06 Å². The number of ether oxygens (including phenoxy) is 1. The van der Waals surface area contributed by atoms with E-state index in [1.807, 2.05) is 0 Å². The molecule has 0 spiro atoms. The quantitative estimate of drug-likeness (QED) is 0.632. The van der Waals surface area contributed by atoms with Gasteiger partial charge in [0.05, 0.1) is 19.2 Å². The van der Waals surface area contributed by atoms with Crippen LogP contribution in [0.1, 0.15) is 19.3 Å². The van der Waals surface area contributed by atoms with Crippen LogP contribution in [0.25, 0.3) is 0 Å². The van der Waals surface area contributed by atoms with E-state index >= 15 is 0 Å². The van der Waals surface area contributed by atoms with Crippen molar-refractivity contribution in [3.63, 3.8) is 0 Å². The van der Waals surface area contributed by atoms with Crippen molar-refractivity contribution in [2.45, 2.75) is 25.3 Å². The first-order valence-corrected chi connectivity index (χ1v) is 4.94. The molecule has 1 heterocycles. The van der Waals surface area contributed by atoms with Crippen molar-refractivity contribution >= 4 is 5.91 Å². The molecule has 2 N–H and O–H groups in total. The van der Waals surface area contributed by atoms with Gasteiger partial charge in [0.15, 0.2) is 0 Å². The second-order valence-electron chi connectivity index (χ2n) is 3.37. The molecular weight excluding hydrogens is 184 g/mol. The summed E-state index contributed by atoms with van der Waals surface area (Å²) >= 11 is 0. The highest BCUT2D eigenvalue weighted by molar-refractivity contribution is 5.80. The minimum absolute atomic E-state index is 0.112. The highest BCUT2D eigenvalue weighted by atomic mass is 16.7. The van der Waals surface area contributed by atoms with Crippen LogP contribution in [0.4, 0.5) is 0 Å². The number of hydroxylamine groups is 2. The number of rotatable bonds is 5. The van der Waals surface area contributed by atoms with Gasteiger partial charge in [-0.1, -0.05) is 0 Å². The van der Waals surface area contributed by atoms with Crippen LogP contribution in [-0.2, 0) is 14.4 Å². The number of carbonyl (C=O) groups excluding carboxylic acids is 1. The Kier molecular flexibility index (Phi) is 4.86. The monoisotopic (exact) mass is 202 g/mol. The fourth-order valence-corrected chi connectivity index (χ4v) is 1.38. The lowest BCUT2D eigenvalue weighted by Crippen LogP contribution is -2.41. The van der Waals surface area contributed by atoms with Crippen molar-refractivity contribution in [3.05, 3.63) is 0 Å². The summed E-state index contributed by atoms with van der Waals surface area (Å²) in [5.41, 5.74) is 5.71. The molecule has 1 atom stereocenters. The maximum Gasteiger partial charge on any atom is 0.263 e. The molecule has 1 saturated heterocycles. The zero-order valence-electron chi connectivity index (χ0n) is 8.57. The largest absolute Gasteiger partial charge is 0.385 e. The lowest BCUT2D eigenvalue weighted by Gasteiger charge is -2.18. The summed E-state index contributed by atoms with van der Waals surface area (Å²) in [5.74, 6) is -0.112. The van der Waals surface area contributed by atoms with Crippen molar-refractivity contribution in [1.82, 2.24) is 5.06 Å².